The third kappa shape index (κ3) is 3.09. The van der Waals surface area contributed by atoms with Crippen molar-refractivity contribution < 1.29 is 4.74 Å². The fourth-order valence-corrected chi connectivity index (χ4v) is 4.33. The minimum atomic E-state index is 0.0326. The fourth-order valence-electron chi connectivity index (χ4n) is 4.33. The Hall–Kier alpha value is -1.20. The molecule has 2 aliphatic carbocycles. The maximum absolute atomic E-state index is 12.5. The summed E-state index contributed by atoms with van der Waals surface area (Å²) in [4.78, 5) is 12.5. The molecular weight excluding hydrogens is 290 g/mol. The minimum absolute atomic E-state index is 0.0326. The lowest BCUT2D eigenvalue weighted by atomic mass is 9.87. The van der Waals surface area contributed by atoms with E-state index in [0.717, 1.165) is 36.4 Å². The molecule has 2 heterocycles. The molecule has 0 aromatic carbocycles. The zero-order chi connectivity index (χ0) is 15.8. The number of fused-ring (bicyclic) bond motifs is 1. The molecule has 3 aliphatic rings. The minimum Gasteiger partial charge on any atom is -0.377 e. The number of aryl methyl sites for hydroxylation is 2. The second kappa shape index (κ2) is 6.36. The maximum Gasteiger partial charge on any atom is 0.267 e. The quantitative estimate of drug-likeness (QED) is 0.924. The molecule has 0 amide bonds. The predicted molar refractivity (Wildman–Crippen MR) is 88.7 cm³/mol. The number of ether oxygens (including phenoxy) is 1. The highest BCUT2D eigenvalue weighted by Crippen LogP contribution is 2.26. The van der Waals surface area contributed by atoms with Gasteiger partial charge in [-0.15, -0.1) is 0 Å². The predicted octanol–water partition coefficient (Wildman–Crippen LogP) is 1.84. The van der Waals surface area contributed by atoms with Gasteiger partial charge in [-0.2, -0.15) is 5.10 Å². The molecule has 1 aliphatic heterocycles. The van der Waals surface area contributed by atoms with Gasteiger partial charge in [-0.05, 0) is 56.4 Å². The standard InChI is InChI=1S/C18H27N3O2/c1-12-5-7-14(8-6-12)19-16-10-23-11-17(16)21-18(22)9-13-3-2-4-15(13)20-21/h9,12,14,16-17,19H,2-8,10-11H2,1H3. The number of aromatic nitrogens is 2. The van der Waals surface area contributed by atoms with E-state index in [-0.39, 0.29) is 17.6 Å². The van der Waals surface area contributed by atoms with E-state index in [1.165, 1.54) is 25.7 Å². The van der Waals surface area contributed by atoms with Crippen LogP contribution in [0, 0.1) is 5.92 Å². The molecule has 2 atom stereocenters. The molecule has 4 rings (SSSR count). The molecule has 0 radical (unpaired) electrons. The summed E-state index contributed by atoms with van der Waals surface area (Å²) < 4.78 is 7.39. The van der Waals surface area contributed by atoms with E-state index < -0.39 is 0 Å². The Morgan fingerprint density at radius 2 is 2.04 bits per heavy atom. The van der Waals surface area contributed by atoms with Crippen LogP contribution in [0.3, 0.4) is 0 Å². The Morgan fingerprint density at radius 3 is 2.87 bits per heavy atom. The van der Waals surface area contributed by atoms with Crippen LogP contribution in [0.2, 0.25) is 0 Å². The van der Waals surface area contributed by atoms with Gasteiger partial charge < -0.3 is 10.1 Å². The first-order valence-electron chi connectivity index (χ1n) is 9.16. The molecule has 0 spiro atoms. The van der Waals surface area contributed by atoms with Crippen LogP contribution in [0.5, 0.6) is 0 Å². The zero-order valence-electron chi connectivity index (χ0n) is 14.0. The molecule has 1 saturated heterocycles. The average Bonchev–Trinajstić information content (AvgIpc) is 3.17. The molecule has 1 N–H and O–H groups in total. The first-order valence-corrected chi connectivity index (χ1v) is 9.16. The van der Waals surface area contributed by atoms with Crippen LogP contribution in [0.1, 0.15) is 56.3 Å². The molecule has 0 bridgehead atoms. The highest BCUT2D eigenvalue weighted by atomic mass is 16.5. The van der Waals surface area contributed by atoms with Crippen molar-refractivity contribution in [2.45, 2.75) is 70.0 Å². The second-order valence-electron chi connectivity index (χ2n) is 7.59. The van der Waals surface area contributed by atoms with Crippen molar-refractivity contribution in [3.8, 4) is 0 Å². The zero-order valence-corrected chi connectivity index (χ0v) is 14.0. The van der Waals surface area contributed by atoms with Crippen molar-refractivity contribution >= 4 is 0 Å². The third-order valence-electron chi connectivity index (χ3n) is 5.81. The molecule has 5 nitrogen and oxygen atoms in total. The first-order chi connectivity index (χ1) is 11.2. The summed E-state index contributed by atoms with van der Waals surface area (Å²) in [6.45, 7) is 3.61. The maximum atomic E-state index is 12.5. The summed E-state index contributed by atoms with van der Waals surface area (Å²) in [5.41, 5.74) is 2.29. The van der Waals surface area contributed by atoms with Gasteiger partial charge in [0.05, 0.1) is 31.0 Å². The number of nitrogens with zero attached hydrogens (tertiary/aromatic N) is 2. The van der Waals surface area contributed by atoms with Gasteiger partial charge in [0.15, 0.2) is 0 Å². The summed E-state index contributed by atoms with van der Waals surface area (Å²) in [5.74, 6) is 0.852. The van der Waals surface area contributed by atoms with Gasteiger partial charge in [0.2, 0.25) is 0 Å². The molecule has 126 valence electrons. The van der Waals surface area contributed by atoms with Gasteiger partial charge in [0.1, 0.15) is 0 Å². The second-order valence-corrected chi connectivity index (χ2v) is 7.59. The van der Waals surface area contributed by atoms with E-state index in [4.69, 9.17) is 4.74 Å². The highest BCUT2D eigenvalue weighted by Gasteiger charge is 2.34. The number of hydrogen-bond donors (Lipinski definition) is 1. The molecule has 1 aromatic heterocycles. The van der Waals surface area contributed by atoms with Gasteiger partial charge in [-0.1, -0.05) is 6.92 Å². The molecule has 2 unspecified atom stereocenters. The molecular formula is C18H27N3O2. The van der Waals surface area contributed by atoms with Crippen molar-refractivity contribution in [1.29, 1.82) is 0 Å². The molecule has 1 saturated carbocycles. The van der Waals surface area contributed by atoms with E-state index in [1.54, 1.807) is 10.7 Å². The number of hydrogen-bond acceptors (Lipinski definition) is 4. The lowest BCUT2D eigenvalue weighted by molar-refractivity contribution is 0.178. The Labute approximate surface area is 137 Å². The van der Waals surface area contributed by atoms with Crippen LogP contribution in [-0.2, 0) is 17.6 Å². The van der Waals surface area contributed by atoms with Crippen molar-refractivity contribution in [2.75, 3.05) is 13.2 Å². The van der Waals surface area contributed by atoms with E-state index in [2.05, 4.69) is 17.3 Å². The van der Waals surface area contributed by atoms with Crippen molar-refractivity contribution in [1.82, 2.24) is 15.1 Å². The topological polar surface area (TPSA) is 56.1 Å². The van der Waals surface area contributed by atoms with Gasteiger partial charge in [-0.3, -0.25) is 4.79 Å². The summed E-state index contributed by atoms with van der Waals surface area (Å²) in [5, 5.41) is 8.43. The first kappa shape index (κ1) is 15.3. The molecule has 5 heteroatoms. The highest BCUT2D eigenvalue weighted by molar-refractivity contribution is 5.22. The van der Waals surface area contributed by atoms with E-state index in [0.29, 0.717) is 19.3 Å². The summed E-state index contributed by atoms with van der Waals surface area (Å²) in [6, 6.07) is 2.60. The smallest absolute Gasteiger partial charge is 0.267 e. The van der Waals surface area contributed by atoms with Crippen LogP contribution in [0.25, 0.3) is 0 Å². The van der Waals surface area contributed by atoms with Gasteiger partial charge >= 0.3 is 0 Å². The average molecular weight is 317 g/mol. The van der Waals surface area contributed by atoms with Gasteiger partial charge in [-0.25, -0.2) is 4.68 Å². The SMILES string of the molecule is CC1CCC(NC2COCC2n2nc3c(cc2=O)CCC3)CC1. The summed E-state index contributed by atoms with van der Waals surface area (Å²) in [6.07, 6.45) is 8.19. The molecule has 2 fully saturated rings. The number of nitrogens with one attached hydrogen (secondary N) is 1. The molecule has 23 heavy (non-hydrogen) atoms. The lowest BCUT2D eigenvalue weighted by Crippen LogP contribution is -2.47. The van der Waals surface area contributed by atoms with Crippen LogP contribution in [0.4, 0.5) is 0 Å². The Balaban J connectivity index is 1.51. The largest absolute Gasteiger partial charge is 0.377 e. The van der Waals surface area contributed by atoms with Crippen LogP contribution in [-0.4, -0.2) is 35.1 Å². The summed E-state index contributed by atoms with van der Waals surface area (Å²) in [7, 11) is 0. The Morgan fingerprint density at radius 1 is 1.22 bits per heavy atom. The van der Waals surface area contributed by atoms with Crippen molar-refractivity contribution in [3.63, 3.8) is 0 Å². The normalized spacial score (nSPS) is 33.8. The Kier molecular flexibility index (Phi) is 4.24. The lowest BCUT2D eigenvalue weighted by Gasteiger charge is -2.31. The molecule has 1 aromatic rings. The van der Waals surface area contributed by atoms with Crippen LogP contribution < -0.4 is 10.9 Å². The third-order valence-corrected chi connectivity index (χ3v) is 5.81. The van der Waals surface area contributed by atoms with Crippen molar-refractivity contribution in [2.24, 2.45) is 5.92 Å². The Bertz CT molecular complexity index is 619. The fraction of sp³-hybridized carbons (Fsp3) is 0.778. The van der Waals surface area contributed by atoms with Gasteiger partial charge in [0, 0.05) is 12.1 Å². The summed E-state index contributed by atoms with van der Waals surface area (Å²) >= 11 is 0. The van der Waals surface area contributed by atoms with E-state index in [1.807, 2.05) is 0 Å². The van der Waals surface area contributed by atoms with Crippen molar-refractivity contribution in [3.05, 3.63) is 27.7 Å². The van der Waals surface area contributed by atoms with Crippen LogP contribution in [0.15, 0.2) is 10.9 Å². The van der Waals surface area contributed by atoms with E-state index in [9.17, 15) is 4.79 Å². The monoisotopic (exact) mass is 317 g/mol. The van der Waals surface area contributed by atoms with Crippen LogP contribution >= 0.6 is 0 Å². The van der Waals surface area contributed by atoms with Gasteiger partial charge in [0.25, 0.3) is 5.56 Å². The number of rotatable bonds is 3. The van der Waals surface area contributed by atoms with E-state index >= 15 is 0 Å².